The summed E-state index contributed by atoms with van der Waals surface area (Å²) in [6, 6.07) is 0. The van der Waals surface area contributed by atoms with E-state index in [0.29, 0.717) is 32.6 Å². The summed E-state index contributed by atoms with van der Waals surface area (Å²) in [6.07, 6.45) is 11.8. The van der Waals surface area contributed by atoms with Gasteiger partial charge >= 0.3 is 0 Å². The van der Waals surface area contributed by atoms with Gasteiger partial charge in [0.2, 0.25) is 5.91 Å². The predicted molar refractivity (Wildman–Crippen MR) is 108 cm³/mol. The highest BCUT2D eigenvalue weighted by molar-refractivity contribution is 7.89. The van der Waals surface area contributed by atoms with Crippen molar-refractivity contribution in [2.75, 3.05) is 26.2 Å². The van der Waals surface area contributed by atoms with E-state index >= 15 is 0 Å². The summed E-state index contributed by atoms with van der Waals surface area (Å²) in [5.74, 6) is 1.13. The average Bonchev–Trinajstić information content (AvgIpc) is 2.99. The smallest absolute Gasteiger partial charge is 0.262 e. The maximum atomic E-state index is 13.0. The first-order valence-electron chi connectivity index (χ1n) is 10.7. The number of aromatic nitrogens is 2. The Morgan fingerprint density at radius 1 is 1.14 bits per heavy atom. The van der Waals surface area contributed by atoms with Gasteiger partial charge < -0.3 is 9.47 Å². The molecule has 0 unspecified atom stereocenters. The van der Waals surface area contributed by atoms with E-state index in [1.54, 1.807) is 11.6 Å². The molecular formula is C20H34N4O3S. The standard InChI is InChI=1S/C20H34N4O3S/c1-3-4-6-17-7-9-18(10-8-17)20(25)23-11-5-12-24(14-13-23)28(26,27)19-15-22(2)16-21-19/h15-18H,3-14H2,1-2H3. The van der Waals surface area contributed by atoms with Gasteiger partial charge in [-0.05, 0) is 38.0 Å². The quantitative estimate of drug-likeness (QED) is 0.722. The average molecular weight is 411 g/mol. The number of hydrogen-bond donors (Lipinski definition) is 0. The number of sulfonamides is 1. The highest BCUT2D eigenvalue weighted by atomic mass is 32.2. The third-order valence-electron chi connectivity index (χ3n) is 6.21. The van der Waals surface area contributed by atoms with Gasteiger partial charge in [0.25, 0.3) is 10.0 Å². The van der Waals surface area contributed by atoms with Gasteiger partial charge in [0.15, 0.2) is 5.03 Å². The Labute approximate surface area is 169 Å². The molecule has 2 heterocycles. The number of carbonyl (C=O) groups excluding carboxylic acids is 1. The van der Waals surface area contributed by atoms with Crippen LogP contribution >= 0.6 is 0 Å². The fourth-order valence-electron chi connectivity index (χ4n) is 4.46. The monoisotopic (exact) mass is 410 g/mol. The molecular weight excluding hydrogens is 376 g/mol. The summed E-state index contributed by atoms with van der Waals surface area (Å²) in [4.78, 5) is 18.9. The minimum Gasteiger partial charge on any atom is -0.341 e. The second-order valence-electron chi connectivity index (χ2n) is 8.32. The zero-order valence-corrected chi connectivity index (χ0v) is 18.0. The Hall–Kier alpha value is -1.41. The van der Waals surface area contributed by atoms with E-state index in [9.17, 15) is 13.2 Å². The van der Waals surface area contributed by atoms with Gasteiger partial charge in [0.1, 0.15) is 0 Å². The molecule has 8 heteroatoms. The molecule has 0 radical (unpaired) electrons. The van der Waals surface area contributed by atoms with Crippen molar-refractivity contribution >= 4 is 15.9 Å². The van der Waals surface area contributed by atoms with Crippen molar-refractivity contribution in [1.29, 1.82) is 0 Å². The molecule has 28 heavy (non-hydrogen) atoms. The Balaban J connectivity index is 1.54. The van der Waals surface area contributed by atoms with E-state index in [1.165, 1.54) is 36.1 Å². The summed E-state index contributed by atoms with van der Waals surface area (Å²) in [7, 11) is -1.84. The number of unbranched alkanes of at least 4 members (excludes halogenated alkanes) is 1. The number of imidazole rings is 1. The van der Waals surface area contributed by atoms with Crippen LogP contribution in [0.15, 0.2) is 17.6 Å². The van der Waals surface area contributed by atoms with Crippen LogP contribution in [-0.4, -0.2) is 59.3 Å². The lowest BCUT2D eigenvalue weighted by molar-refractivity contribution is -0.136. The van der Waals surface area contributed by atoms with E-state index in [-0.39, 0.29) is 16.9 Å². The van der Waals surface area contributed by atoms with Gasteiger partial charge in [-0.2, -0.15) is 4.31 Å². The van der Waals surface area contributed by atoms with E-state index in [0.717, 1.165) is 31.6 Å². The molecule has 1 saturated carbocycles. The Morgan fingerprint density at radius 3 is 2.54 bits per heavy atom. The van der Waals surface area contributed by atoms with Gasteiger partial charge in [-0.15, -0.1) is 0 Å². The lowest BCUT2D eigenvalue weighted by Gasteiger charge is -2.31. The summed E-state index contributed by atoms with van der Waals surface area (Å²) < 4.78 is 28.7. The first-order valence-corrected chi connectivity index (χ1v) is 12.1. The zero-order chi connectivity index (χ0) is 20.1. The molecule has 2 aliphatic rings. The summed E-state index contributed by atoms with van der Waals surface area (Å²) in [5, 5.41) is 0.0835. The van der Waals surface area contributed by atoms with Crippen molar-refractivity contribution in [1.82, 2.24) is 18.8 Å². The van der Waals surface area contributed by atoms with Gasteiger partial charge in [-0.25, -0.2) is 13.4 Å². The third kappa shape index (κ3) is 4.95. The van der Waals surface area contributed by atoms with Crippen LogP contribution < -0.4 is 0 Å². The van der Waals surface area contributed by atoms with E-state index in [4.69, 9.17) is 0 Å². The van der Waals surface area contributed by atoms with Gasteiger partial charge in [-0.3, -0.25) is 4.79 Å². The van der Waals surface area contributed by atoms with E-state index in [2.05, 4.69) is 11.9 Å². The molecule has 1 amide bonds. The van der Waals surface area contributed by atoms with Crippen molar-refractivity contribution in [3.8, 4) is 0 Å². The largest absolute Gasteiger partial charge is 0.341 e. The number of rotatable bonds is 6. The number of carbonyl (C=O) groups is 1. The lowest BCUT2D eigenvalue weighted by atomic mass is 9.79. The van der Waals surface area contributed by atoms with Crippen LogP contribution in [0.3, 0.4) is 0 Å². The van der Waals surface area contributed by atoms with Crippen LogP contribution in [0.2, 0.25) is 0 Å². The normalized spacial score (nSPS) is 24.9. The number of aryl methyl sites for hydroxylation is 1. The molecule has 0 N–H and O–H groups in total. The van der Waals surface area contributed by atoms with Gasteiger partial charge in [0, 0.05) is 45.3 Å². The third-order valence-corrected chi connectivity index (χ3v) is 8.00. The first-order chi connectivity index (χ1) is 13.4. The molecule has 0 aromatic carbocycles. The van der Waals surface area contributed by atoms with Crippen LogP contribution in [0.25, 0.3) is 0 Å². The van der Waals surface area contributed by atoms with Crippen LogP contribution in [0.4, 0.5) is 0 Å². The lowest BCUT2D eigenvalue weighted by Crippen LogP contribution is -2.41. The zero-order valence-electron chi connectivity index (χ0n) is 17.2. The van der Waals surface area contributed by atoms with E-state index in [1.807, 2.05) is 4.90 Å². The molecule has 0 atom stereocenters. The highest BCUT2D eigenvalue weighted by Gasteiger charge is 2.33. The first kappa shape index (κ1) is 21.3. The van der Waals surface area contributed by atoms with Crippen molar-refractivity contribution in [3.05, 3.63) is 12.5 Å². The molecule has 0 spiro atoms. The summed E-state index contributed by atoms with van der Waals surface area (Å²) in [5.41, 5.74) is 0. The molecule has 1 aromatic heterocycles. The molecule has 1 aromatic rings. The van der Waals surface area contributed by atoms with Crippen LogP contribution in [0, 0.1) is 11.8 Å². The number of amides is 1. The fourth-order valence-corrected chi connectivity index (χ4v) is 5.89. The predicted octanol–water partition coefficient (Wildman–Crippen LogP) is 2.64. The maximum absolute atomic E-state index is 13.0. The Morgan fingerprint density at radius 2 is 1.89 bits per heavy atom. The van der Waals surface area contributed by atoms with Gasteiger partial charge in [-0.1, -0.05) is 26.2 Å². The second kappa shape index (κ2) is 9.39. The SMILES string of the molecule is CCCCC1CCC(C(=O)N2CCCN(S(=O)(=O)c3cn(C)cn3)CC2)CC1. The Bertz CT molecular complexity index is 753. The Kier molecular flexibility index (Phi) is 7.15. The van der Waals surface area contributed by atoms with Crippen molar-refractivity contribution < 1.29 is 13.2 Å². The van der Waals surface area contributed by atoms with Crippen molar-refractivity contribution in [2.45, 2.75) is 63.3 Å². The van der Waals surface area contributed by atoms with Crippen LogP contribution in [0.1, 0.15) is 58.3 Å². The molecule has 0 bridgehead atoms. The van der Waals surface area contributed by atoms with Crippen LogP contribution in [0.5, 0.6) is 0 Å². The summed E-state index contributed by atoms with van der Waals surface area (Å²) >= 11 is 0. The topological polar surface area (TPSA) is 75.5 Å². The molecule has 1 aliphatic heterocycles. The van der Waals surface area contributed by atoms with Crippen molar-refractivity contribution in [2.24, 2.45) is 18.9 Å². The second-order valence-corrected chi connectivity index (χ2v) is 10.2. The minimum atomic E-state index is -3.59. The molecule has 7 nitrogen and oxygen atoms in total. The fraction of sp³-hybridized carbons (Fsp3) is 0.800. The number of hydrogen-bond acceptors (Lipinski definition) is 4. The van der Waals surface area contributed by atoms with E-state index < -0.39 is 10.0 Å². The highest BCUT2D eigenvalue weighted by Crippen LogP contribution is 2.33. The summed E-state index contributed by atoms with van der Waals surface area (Å²) in [6.45, 7) is 4.12. The minimum absolute atomic E-state index is 0.0835. The van der Waals surface area contributed by atoms with Crippen molar-refractivity contribution in [3.63, 3.8) is 0 Å². The maximum Gasteiger partial charge on any atom is 0.262 e. The van der Waals surface area contributed by atoms with Crippen LogP contribution in [-0.2, 0) is 21.9 Å². The molecule has 1 saturated heterocycles. The molecule has 1 aliphatic carbocycles. The molecule has 3 rings (SSSR count). The van der Waals surface area contributed by atoms with Gasteiger partial charge in [0.05, 0.1) is 6.33 Å². The molecule has 158 valence electrons. The molecule has 2 fully saturated rings. The number of nitrogens with zero attached hydrogens (tertiary/aromatic N) is 4.